The van der Waals surface area contributed by atoms with E-state index in [9.17, 15) is 9.90 Å². The highest BCUT2D eigenvalue weighted by atomic mass is 16.3. The number of aromatic nitrogens is 2. The zero-order valence-corrected chi connectivity index (χ0v) is 14.8. The second kappa shape index (κ2) is 7.41. The van der Waals surface area contributed by atoms with Crippen molar-refractivity contribution in [2.75, 3.05) is 29.4 Å². The fourth-order valence-electron chi connectivity index (χ4n) is 3.79. The van der Waals surface area contributed by atoms with Crippen molar-refractivity contribution in [3.8, 4) is 0 Å². The maximum atomic E-state index is 12.4. The van der Waals surface area contributed by atoms with Crippen LogP contribution in [0.1, 0.15) is 25.1 Å². The number of para-hydroxylation sites is 1. The first kappa shape index (κ1) is 17.0. The van der Waals surface area contributed by atoms with Crippen LogP contribution in [0.4, 0.5) is 11.5 Å². The second-order valence-corrected chi connectivity index (χ2v) is 7.16. The first-order valence-corrected chi connectivity index (χ1v) is 9.29. The molecule has 26 heavy (non-hydrogen) atoms. The molecule has 0 aliphatic carbocycles. The van der Waals surface area contributed by atoms with Crippen LogP contribution in [0, 0.1) is 5.92 Å². The van der Waals surface area contributed by atoms with Crippen LogP contribution in [0.3, 0.4) is 0 Å². The molecule has 0 radical (unpaired) electrons. The maximum absolute atomic E-state index is 12.4. The van der Waals surface area contributed by atoms with Crippen LogP contribution in [0.2, 0.25) is 0 Å². The summed E-state index contributed by atoms with van der Waals surface area (Å²) in [6, 6.07) is 11.7. The predicted octanol–water partition coefficient (Wildman–Crippen LogP) is 2.03. The average Bonchev–Trinajstić information content (AvgIpc) is 3.03. The number of rotatable bonds is 4. The monoisotopic (exact) mass is 352 g/mol. The van der Waals surface area contributed by atoms with Gasteiger partial charge in [-0.25, -0.2) is 9.97 Å². The van der Waals surface area contributed by atoms with Crippen LogP contribution in [-0.4, -0.2) is 46.7 Å². The minimum absolute atomic E-state index is 0.169. The molecule has 3 heterocycles. The highest BCUT2D eigenvalue weighted by Gasteiger charge is 2.31. The Bertz CT molecular complexity index is 759. The van der Waals surface area contributed by atoms with E-state index >= 15 is 0 Å². The summed E-state index contributed by atoms with van der Waals surface area (Å²) in [6.45, 7) is 2.36. The minimum Gasteiger partial charge on any atom is -0.393 e. The highest BCUT2D eigenvalue weighted by Crippen LogP contribution is 2.27. The molecule has 4 rings (SSSR count). The van der Waals surface area contributed by atoms with Crippen LogP contribution >= 0.6 is 0 Å². The van der Waals surface area contributed by atoms with Crippen molar-refractivity contribution in [1.29, 1.82) is 0 Å². The van der Waals surface area contributed by atoms with Gasteiger partial charge in [-0.1, -0.05) is 18.2 Å². The lowest BCUT2D eigenvalue weighted by Crippen LogP contribution is -2.36. The zero-order chi connectivity index (χ0) is 17.9. The van der Waals surface area contributed by atoms with Gasteiger partial charge in [0.15, 0.2) is 0 Å². The third kappa shape index (κ3) is 3.70. The molecule has 2 saturated heterocycles. The molecule has 1 aromatic carbocycles. The lowest BCUT2D eigenvalue weighted by Gasteiger charge is -2.30. The van der Waals surface area contributed by atoms with E-state index < -0.39 is 0 Å². The van der Waals surface area contributed by atoms with Gasteiger partial charge < -0.3 is 14.9 Å². The van der Waals surface area contributed by atoms with Crippen molar-refractivity contribution in [2.24, 2.45) is 5.92 Å². The summed E-state index contributed by atoms with van der Waals surface area (Å²) in [7, 11) is 0. The van der Waals surface area contributed by atoms with Crippen LogP contribution < -0.4 is 9.80 Å². The predicted molar refractivity (Wildman–Crippen MR) is 100 cm³/mol. The molecule has 2 fully saturated rings. The number of piperidine rings is 1. The minimum atomic E-state index is -0.193. The van der Waals surface area contributed by atoms with E-state index in [-0.39, 0.29) is 17.9 Å². The molecule has 6 heteroatoms. The molecule has 6 nitrogen and oxygen atoms in total. The zero-order valence-electron chi connectivity index (χ0n) is 14.8. The smallest absolute Gasteiger partial charge is 0.227 e. The summed E-state index contributed by atoms with van der Waals surface area (Å²) >= 11 is 0. The molecule has 1 atom stereocenters. The number of carbonyl (C=O) groups is 1. The molecule has 2 aromatic rings. The molecule has 0 unspecified atom stereocenters. The van der Waals surface area contributed by atoms with E-state index in [1.807, 2.05) is 41.3 Å². The van der Waals surface area contributed by atoms with E-state index in [4.69, 9.17) is 4.98 Å². The average molecular weight is 352 g/mol. The number of hydrogen-bond donors (Lipinski definition) is 1. The Morgan fingerprint density at radius 3 is 2.65 bits per heavy atom. The van der Waals surface area contributed by atoms with E-state index in [2.05, 4.69) is 9.88 Å². The lowest BCUT2D eigenvalue weighted by molar-refractivity contribution is -0.117. The number of hydrogen-bond acceptors (Lipinski definition) is 5. The van der Waals surface area contributed by atoms with Gasteiger partial charge in [0.05, 0.1) is 6.10 Å². The van der Waals surface area contributed by atoms with Gasteiger partial charge in [0, 0.05) is 44.4 Å². The largest absolute Gasteiger partial charge is 0.393 e. The summed E-state index contributed by atoms with van der Waals surface area (Å²) in [6.07, 6.45) is 4.41. The number of amides is 1. The number of anilines is 2. The lowest BCUT2D eigenvalue weighted by atomic mass is 10.0. The van der Waals surface area contributed by atoms with Crippen LogP contribution in [0.25, 0.3) is 0 Å². The molecular formula is C20H24N4O2. The Hall–Kier alpha value is -2.47. The Labute approximate surface area is 153 Å². The third-order valence-corrected chi connectivity index (χ3v) is 5.22. The summed E-state index contributed by atoms with van der Waals surface area (Å²) in [4.78, 5) is 25.6. The first-order valence-electron chi connectivity index (χ1n) is 9.29. The van der Waals surface area contributed by atoms with Gasteiger partial charge in [-0.05, 0) is 37.0 Å². The quantitative estimate of drug-likeness (QED) is 0.912. The molecule has 1 amide bonds. The van der Waals surface area contributed by atoms with E-state index in [1.165, 1.54) is 0 Å². The Morgan fingerprint density at radius 1 is 1.12 bits per heavy atom. The van der Waals surface area contributed by atoms with E-state index in [1.54, 1.807) is 6.20 Å². The molecule has 0 bridgehead atoms. The molecular weight excluding hydrogens is 328 g/mol. The Kier molecular flexibility index (Phi) is 4.84. The van der Waals surface area contributed by atoms with Gasteiger partial charge in [-0.15, -0.1) is 0 Å². The van der Waals surface area contributed by atoms with Crippen LogP contribution in [0.5, 0.6) is 0 Å². The molecule has 2 aliphatic rings. The van der Waals surface area contributed by atoms with E-state index in [0.29, 0.717) is 19.4 Å². The summed E-state index contributed by atoms with van der Waals surface area (Å²) in [5, 5.41) is 9.67. The number of aliphatic hydroxyl groups excluding tert-OH is 1. The standard InChI is InChI=1S/C20H24N4O2/c25-17-7-10-23(11-8-17)19-6-9-21-18(22-19)12-15-13-20(26)24(14-15)16-4-2-1-3-5-16/h1-6,9,15,17,25H,7-8,10-14H2/t15-/m1/s1. The summed E-state index contributed by atoms with van der Waals surface area (Å²) < 4.78 is 0. The van der Waals surface area contributed by atoms with Gasteiger partial charge >= 0.3 is 0 Å². The number of carbonyl (C=O) groups excluding carboxylic acids is 1. The van der Waals surface area contributed by atoms with Gasteiger partial charge in [0.2, 0.25) is 5.91 Å². The van der Waals surface area contributed by atoms with Crippen LogP contribution in [-0.2, 0) is 11.2 Å². The highest BCUT2D eigenvalue weighted by molar-refractivity contribution is 5.95. The molecule has 1 aromatic heterocycles. The third-order valence-electron chi connectivity index (χ3n) is 5.22. The Morgan fingerprint density at radius 2 is 1.88 bits per heavy atom. The van der Waals surface area contributed by atoms with Gasteiger partial charge in [0.1, 0.15) is 11.6 Å². The van der Waals surface area contributed by atoms with Crippen molar-refractivity contribution in [3.63, 3.8) is 0 Å². The normalized spacial score (nSPS) is 21.4. The number of aliphatic hydroxyl groups is 1. The van der Waals surface area contributed by atoms with E-state index in [0.717, 1.165) is 43.3 Å². The second-order valence-electron chi connectivity index (χ2n) is 7.16. The first-order chi connectivity index (χ1) is 12.7. The van der Waals surface area contributed by atoms with Crippen molar-refractivity contribution in [2.45, 2.75) is 31.8 Å². The number of nitrogens with zero attached hydrogens (tertiary/aromatic N) is 4. The van der Waals surface area contributed by atoms with Crippen LogP contribution in [0.15, 0.2) is 42.6 Å². The Balaban J connectivity index is 1.42. The fraction of sp³-hybridized carbons (Fsp3) is 0.450. The summed E-state index contributed by atoms with van der Waals surface area (Å²) in [5.41, 5.74) is 0.960. The van der Waals surface area contributed by atoms with Gasteiger partial charge in [-0.3, -0.25) is 4.79 Å². The molecule has 136 valence electrons. The van der Waals surface area contributed by atoms with Crippen molar-refractivity contribution >= 4 is 17.4 Å². The SMILES string of the molecule is O=C1C[C@@H](Cc2nccc(N3CCC(O)CC3)n2)CN1c1ccccc1. The topological polar surface area (TPSA) is 69.6 Å². The molecule has 0 spiro atoms. The fourth-order valence-corrected chi connectivity index (χ4v) is 3.79. The van der Waals surface area contributed by atoms with Crippen molar-refractivity contribution in [3.05, 3.63) is 48.4 Å². The molecule has 2 aliphatic heterocycles. The van der Waals surface area contributed by atoms with Gasteiger partial charge in [-0.2, -0.15) is 0 Å². The molecule has 0 saturated carbocycles. The number of benzene rings is 1. The van der Waals surface area contributed by atoms with Crippen molar-refractivity contribution < 1.29 is 9.90 Å². The maximum Gasteiger partial charge on any atom is 0.227 e. The molecule has 1 N–H and O–H groups in total. The van der Waals surface area contributed by atoms with Crippen molar-refractivity contribution in [1.82, 2.24) is 9.97 Å². The summed E-state index contributed by atoms with van der Waals surface area (Å²) in [5.74, 6) is 2.12. The van der Waals surface area contributed by atoms with Gasteiger partial charge in [0.25, 0.3) is 0 Å².